The van der Waals surface area contributed by atoms with E-state index >= 15 is 0 Å². The Morgan fingerprint density at radius 2 is 1.75 bits per heavy atom. The predicted molar refractivity (Wildman–Crippen MR) is 148 cm³/mol. The van der Waals surface area contributed by atoms with Crippen molar-refractivity contribution in [3.8, 4) is 11.5 Å². The minimum Gasteiger partial charge on any atom is -0.465 e. The molecule has 3 heterocycles. The summed E-state index contributed by atoms with van der Waals surface area (Å²) in [7, 11) is 1.31. The molecular weight excluding hydrogens is 509 g/mol. The number of aromatic nitrogens is 3. The molecule has 1 aliphatic heterocycles. The fraction of sp³-hybridized carbons (Fsp3) is 0.129. The lowest BCUT2D eigenvalue weighted by molar-refractivity contribution is 0.0600. The molecule has 2 aromatic heterocycles. The molecule has 0 bridgehead atoms. The van der Waals surface area contributed by atoms with E-state index in [1.165, 1.54) is 19.2 Å². The molecule has 1 atom stereocenters. The summed E-state index contributed by atoms with van der Waals surface area (Å²) in [6.45, 7) is 2.16. The number of para-hydroxylation sites is 1. The number of methoxy groups -OCH3 is 1. The van der Waals surface area contributed by atoms with Gasteiger partial charge in [-0.1, -0.05) is 36.4 Å². The van der Waals surface area contributed by atoms with Gasteiger partial charge >= 0.3 is 12.0 Å². The third-order valence-electron chi connectivity index (χ3n) is 7.07. The van der Waals surface area contributed by atoms with E-state index in [9.17, 15) is 14.0 Å². The third-order valence-corrected chi connectivity index (χ3v) is 7.07. The third kappa shape index (κ3) is 4.41. The van der Waals surface area contributed by atoms with E-state index in [4.69, 9.17) is 9.84 Å². The predicted octanol–water partition coefficient (Wildman–Crippen LogP) is 6.03. The monoisotopic (exact) mass is 535 g/mol. The van der Waals surface area contributed by atoms with Gasteiger partial charge in [-0.3, -0.25) is 0 Å². The van der Waals surface area contributed by atoms with Crippen molar-refractivity contribution >= 4 is 17.7 Å². The molecule has 5 aromatic rings. The molecule has 2 amide bonds. The van der Waals surface area contributed by atoms with Crippen LogP contribution in [0.5, 0.6) is 0 Å². The minimum absolute atomic E-state index is 0.236. The number of nitrogens with one attached hydrogen (secondary N) is 1. The maximum absolute atomic E-state index is 14.0. The summed E-state index contributed by atoms with van der Waals surface area (Å²) in [5, 5.41) is 7.80. The number of hydrogen-bond acceptors (Lipinski definition) is 4. The van der Waals surface area contributed by atoms with Gasteiger partial charge in [0.25, 0.3) is 0 Å². The minimum atomic E-state index is -0.546. The number of rotatable bonds is 4. The number of benzene rings is 3. The largest absolute Gasteiger partial charge is 0.465 e. The Morgan fingerprint density at radius 1 is 0.975 bits per heavy atom. The summed E-state index contributed by atoms with van der Waals surface area (Å²) in [5.74, 6) is -0.0255. The molecule has 0 spiro atoms. The van der Waals surface area contributed by atoms with Crippen LogP contribution in [-0.2, 0) is 11.3 Å². The van der Waals surface area contributed by atoms with Gasteiger partial charge in [-0.05, 0) is 67.1 Å². The lowest BCUT2D eigenvalue weighted by atomic mass is 10.0. The Bertz CT molecular complexity index is 1710. The van der Waals surface area contributed by atoms with Crippen LogP contribution in [0.2, 0.25) is 0 Å². The summed E-state index contributed by atoms with van der Waals surface area (Å²) in [5.41, 5.74) is 4.89. The van der Waals surface area contributed by atoms with Crippen molar-refractivity contribution in [1.29, 1.82) is 0 Å². The van der Waals surface area contributed by atoms with Crippen LogP contribution in [0.15, 0.2) is 97.2 Å². The number of aryl methyl sites for hydroxylation is 1. The number of hydrogen-bond donors (Lipinski definition) is 1. The first-order chi connectivity index (χ1) is 19.4. The standard InChI is InChI=1S/C31H26FN5O3/c1-20-26-19-36(31(39)33-24-9-6-8-22(18-24)30(38)40-2)28(21-13-15-23(32)16-14-21)27-12-7-17-35(27)29(26)37(34-20)25-10-4-3-5-11-25/h3-18,28H,19H2,1-2H3,(H,33,39). The second-order valence-electron chi connectivity index (χ2n) is 9.52. The van der Waals surface area contributed by atoms with Crippen molar-refractivity contribution < 1.29 is 18.7 Å². The zero-order valence-corrected chi connectivity index (χ0v) is 21.9. The van der Waals surface area contributed by atoms with E-state index in [1.807, 2.05) is 64.8 Å². The highest BCUT2D eigenvalue weighted by atomic mass is 19.1. The SMILES string of the molecule is COC(=O)c1cccc(NC(=O)N2Cc3c(C)nn(-c4ccccc4)c3-n3cccc3C2c2ccc(F)cc2)c1. The molecule has 0 saturated carbocycles. The maximum atomic E-state index is 14.0. The van der Waals surface area contributed by atoms with E-state index in [-0.39, 0.29) is 18.4 Å². The Balaban J connectivity index is 1.49. The molecule has 1 unspecified atom stereocenters. The van der Waals surface area contributed by atoms with E-state index in [0.717, 1.165) is 34.0 Å². The molecular formula is C31H26FN5O3. The smallest absolute Gasteiger partial charge is 0.337 e. The van der Waals surface area contributed by atoms with E-state index in [2.05, 4.69) is 5.32 Å². The molecule has 0 aliphatic carbocycles. The summed E-state index contributed by atoms with van der Waals surface area (Å²) in [6.07, 6.45) is 1.95. The van der Waals surface area contributed by atoms with Crippen molar-refractivity contribution in [2.75, 3.05) is 12.4 Å². The van der Waals surface area contributed by atoms with Crippen LogP contribution in [-0.4, -0.2) is 38.4 Å². The van der Waals surface area contributed by atoms with Crippen LogP contribution in [0, 0.1) is 12.7 Å². The number of fused-ring (bicyclic) bond motifs is 3. The highest BCUT2D eigenvalue weighted by Crippen LogP contribution is 2.38. The number of ether oxygens (including phenoxy) is 1. The highest BCUT2D eigenvalue weighted by molar-refractivity contribution is 5.94. The van der Waals surface area contributed by atoms with Crippen LogP contribution >= 0.6 is 0 Å². The van der Waals surface area contributed by atoms with Crippen LogP contribution < -0.4 is 5.32 Å². The van der Waals surface area contributed by atoms with Crippen molar-refractivity contribution in [2.24, 2.45) is 0 Å². The van der Waals surface area contributed by atoms with Crippen LogP contribution in [0.25, 0.3) is 11.5 Å². The van der Waals surface area contributed by atoms with E-state index in [1.54, 1.807) is 41.3 Å². The van der Waals surface area contributed by atoms with Crippen molar-refractivity contribution in [1.82, 2.24) is 19.2 Å². The fourth-order valence-corrected chi connectivity index (χ4v) is 5.18. The molecule has 6 rings (SSSR count). The number of anilines is 1. The Labute approximate surface area is 230 Å². The molecule has 9 heteroatoms. The van der Waals surface area contributed by atoms with Crippen molar-refractivity contribution in [3.05, 3.63) is 131 Å². The first kappa shape index (κ1) is 25.1. The second kappa shape index (κ2) is 10.2. The highest BCUT2D eigenvalue weighted by Gasteiger charge is 2.36. The van der Waals surface area contributed by atoms with Gasteiger partial charge in [0.1, 0.15) is 11.6 Å². The number of nitrogens with zero attached hydrogens (tertiary/aromatic N) is 4. The van der Waals surface area contributed by atoms with E-state index in [0.29, 0.717) is 11.3 Å². The van der Waals surface area contributed by atoms with Crippen LogP contribution in [0.4, 0.5) is 14.9 Å². The number of carbonyl (C=O) groups excluding carboxylic acids is 2. The maximum Gasteiger partial charge on any atom is 0.337 e. The number of carbonyl (C=O) groups is 2. The van der Waals surface area contributed by atoms with E-state index < -0.39 is 12.0 Å². The molecule has 0 radical (unpaired) electrons. The Morgan fingerprint density at radius 3 is 2.50 bits per heavy atom. The molecule has 8 nitrogen and oxygen atoms in total. The van der Waals surface area contributed by atoms with Crippen molar-refractivity contribution in [2.45, 2.75) is 19.5 Å². The normalized spacial score (nSPS) is 14.2. The molecule has 40 heavy (non-hydrogen) atoms. The van der Waals surface area contributed by atoms with Gasteiger partial charge in [0.05, 0.1) is 42.3 Å². The molecule has 3 aromatic carbocycles. The number of urea groups is 1. The second-order valence-corrected chi connectivity index (χ2v) is 9.52. The first-order valence-electron chi connectivity index (χ1n) is 12.8. The summed E-state index contributed by atoms with van der Waals surface area (Å²) in [6, 6.07) is 25.5. The van der Waals surface area contributed by atoms with Gasteiger partial charge in [0, 0.05) is 17.4 Å². The molecule has 1 N–H and O–H groups in total. The van der Waals surface area contributed by atoms with Crippen molar-refractivity contribution in [3.63, 3.8) is 0 Å². The lowest BCUT2D eigenvalue weighted by Gasteiger charge is -2.31. The van der Waals surface area contributed by atoms with Gasteiger partial charge in [-0.2, -0.15) is 5.10 Å². The van der Waals surface area contributed by atoms with Crippen LogP contribution in [0.1, 0.15) is 38.9 Å². The zero-order chi connectivity index (χ0) is 27.8. The van der Waals surface area contributed by atoms with Gasteiger partial charge in [-0.15, -0.1) is 0 Å². The first-order valence-corrected chi connectivity index (χ1v) is 12.8. The molecule has 0 saturated heterocycles. The average Bonchev–Trinajstić information content (AvgIpc) is 3.54. The number of halogens is 1. The van der Waals surface area contributed by atoms with Crippen LogP contribution in [0.3, 0.4) is 0 Å². The Kier molecular flexibility index (Phi) is 6.39. The van der Waals surface area contributed by atoms with Gasteiger partial charge in [0.2, 0.25) is 0 Å². The molecule has 0 fully saturated rings. The van der Waals surface area contributed by atoms with Gasteiger partial charge in [0.15, 0.2) is 0 Å². The summed E-state index contributed by atoms with van der Waals surface area (Å²) in [4.78, 5) is 27.8. The molecule has 200 valence electrons. The lowest BCUT2D eigenvalue weighted by Crippen LogP contribution is -2.38. The quantitative estimate of drug-likeness (QED) is 0.285. The fourth-order valence-electron chi connectivity index (χ4n) is 5.18. The number of esters is 1. The van der Waals surface area contributed by atoms with Gasteiger partial charge in [-0.25, -0.2) is 18.7 Å². The molecule has 1 aliphatic rings. The number of amides is 2. The Hall–Kier alpha value is -5.18. The topological polar surface area (TPSA) is 81.4 Å². The average molecular weight is 536 g/mol. The summed E-state index contributed by atoms with van der Waals surface area (Å²) < 4.78 is 22.7. The van der Waals surface area contributed by atoms with Gasteiger partial charge < -0.3 is 19.5 Å². The summed E-state index contributed by atoms with van der Waals surface area (Å²) >= 11 is 0. The zero-order valence-electron chi connectivity index (χ0n) is 21.9.